The first-order valence-corrected chi connectivity index (χ1v) is 8.30. The van der Waals surface area contributed by atoms with E-state index in [4.69, 9.17) is 4.74 Å². The summed E-state index contributed by atoms with van der Waals surface area (Å²) in [6.07, 6.45) is 3.59. The van der Waals surface area contributed by atoms with E-state index >= 15 is 0 Å². The minimum atomic E-state index is 0.440. The zero-order chi connectivity index (χ0) is 12.3. The van der Waals surface area contributed by atoms with Crippen molar-refractivity contribution in [3.63, 3.8) is 0 Å². The average Bonchev–Trinajstić information content (AvgIpc) is 2.67. The first kappa shape index (κ1) is 14.0. The van der Waals surface area contributed by atoms with Crippen LogP contribution in [0.4, 0.5) is 0 Å². The molecule has 1 fully saturated rings. The maximum Gasteiger partial charge on any atom is 0.0758 e. The number of ether oxygens (including phenoxy) is 1. The van der Waals surface area contributed by atoms with Crippen molar-refractivity contribution in [3.8, 4) is 0 Å². The number of halogens is 2. The molecule has 2 heterocycles. The first-order valence-electron chi connectivity index (χ1n) is 5.90. The lowest BCUT2D eigenvalue weighted by atomic mass is 9.90. The van der Waals surface area contributed by atoms with E-state index in [1.807, 2.05) is 7.05 Å². The van der Waals surface area contributed by atoms with Crippen LogP contribution in [0.3, 0.4) is 0 Å². The van der Waals surface area contributed by atoms with Gasteiger partial charge in [0.25, 0.3) is 0 Å². The zero-order valence-corrected chi connectivity index (χ0v) is 13.8. The molecule has 1 aromatic rings. The zero-order valence-electron chi connectivity index (χ0n) is 9.84. The van der Waals surface area contributed by atoms with E-state index in [2.05, 4.69) is 43.2 Å². The molecule has 1 N–H and O–H groups in total. The summed E-state index contributed by atoms with van der Waals surface area (Å²) in [5.74, 6) is 0.784. The summed E-state index contributed by atoms with van der Waals surface area (Å²) in [7, 11) is 2.04. The maximum atomic E-state index is 5.41. The third-order valence-corrected chi connectivity index (χ3v) is 5.70. The van der Waals surface area contributed by atoms with Crippen molar-refractivity contribution in [1.82, 2.24) is 5.32 Å². The van der Waals surface area contributed by atoms with Gasteiger partial charge in [0.1, 0.15) is 0 Å². The van der Waals surface area contributed by atoms with Crippen LogP contribution in [0.1, 0.15) is 30.9 Å². The highest BCUT2D eigenvalue weighted by molar-refractivity contribution is 9.12. The van der Waals surface area contributed by atoms with Gasteiger partial charge in [0.2, 0.25) is 0 Å². The molecule has 96 valence electrons. The highest BCUT2D eigenvalue weighted by Gasteiger charge is 2.22. The van der Waals surface area contributed by atoms with Gasteiger partial charge in [-0.3, -0.25) is 0 Å². The van der Waals surface area contributed by atoms with Gasteiger partial charge in [0.15, 0.2) is 0 Å². The standard InChI is InChI=1S/C12H17Br2NOS/c1-15-10(6-8-2-4-16-5-3-8)9-7-11(13)17-12(9)14/h7-8,10,15H,2-6H2,1H3. The van der Waals surface area contributed by atoms with Crippen molar-refractivity contribution in [2.45, 2.75) is 25.3 Å². The molecule has 17 heavy (non-hydrogen) atoms. The Morgan fingerprint density at radius 1 is 1.47 bits per heavy atom. The Kier molecular flexibility index (Phi) is 5.49. The Balaban J connectivity index is 2.02. The maximum absolute atomic E-state index is 5.41. The van der Waals surface area contributed by atoms with Crippen LogP contribution in [-0.4, -0.2) is 20.3 Å². The van der Waals surface area contributed by atoms with Crippen molar-refractivity contribution in [2.75, 3.05) is 20.3 Å². The monoisotopic (exact) mass is 381 g/mol. The molecule has 0 saturated carbocycles. The second-order valence-corrected chi connectivity index (χ2v) is 8.16. The number of hydrogen-bond acceptors (Lipinski definition) is 3. The van der Waals surface area contributed by atoms with Crippen molar-refractivity contribution >= 4 is 43.2 Å². The Bertz CT molecular complexity index is 363. The van der Waals surface area contributed by atoms with Crippen LogP contribution in [-0.2, 0) is 4.74 Å². The SMILES string of the molecule is CNC(CC1CCOCC1)c1cc(Br)sc1Br. The lowest BCUT2D eigenvalue weighted by Crippen LogP contribution is -2.23. The molecule has 1 aliphatic rings. The molecule has 0 spiro atoms. The number of nitrogens with one attached hydrogen (secondary N) is 1. The molecule has 0 aliphatic carbocycles. The fraction of sp³-hybridized carbons (Fsp3) is 0.667. The van der Waals surface area contributed by atoms with Crippen molar-refractivity contribution in [2.24, 2.45) is 5.92 Å². The molecular weight excluding hydrogens is 366 g/mol. The van der Waals surface area contributed by atoms with Gasteiger partial charge in [-0.15, -0.1) is 11.3 Å². The summed E-state index contributed by atoms with van der Waals surface area (Å²) in [5, 5.41) is 3.43. The molecule has 0 aromatic carbocycles. The largest absolute Gasteiger partial charge is 0.381 e. The molecule has 1 saturated heterocycles. The Morgan fingerprint density at radius 2 is 2.18 bits per heavy atom. The van der Waals surface area contributed by atoms with E-state index in [-0.39, 0.29) is 0 Å². The van der Waals surface area contributed by atoms with Crippen LogP contribution in [0, 0.1) is 5.92 Å². The molecule has 0 radical (unpaired) electrons. The van der Waals surface area contributed by atoms with Crippen molar-refractivity contribution in [3.05, 3.63) is 19.2 Å². The van der Waals surface area contributed by atoms with E-state index < -0.39 is 0 Å². The second kappa shape index (κ2) is 6.66. The van der Waals surface area contributed by atoms with Crippen LogP contribution in [0.25, 0.3) is 0 Å². The third kappa shape index (κ3) is 3.77. The summed E-state index contributed by atoms with van der Waals surface area (Å²) >= 11 is 8.94. The smallest absolute Gasteiger partial charge is 0.0758 e. The van der Waals surface area contributed by atoms with Gasteiger partial charge in [0.05, 0.1) is 7.57 Å². The van der Waals surface area contributed by atoms with Crippen LogP contribution in [0.2, 0.25) is 0 Å². The topological polar surface area (TPSA) is 21.3 Å². The van der Waals surface area contributed by atoms with E-state index in [0.29, 0.717) is 6.04 Å². The quantitative estimate of drug-likeness (QED) is 0.835. The number of hydrogen-bond donors (Lipinski definition) is 1. The Labute approximate surface area is 123 Å². The van der Waals surface area contributed by atoms with E-state index in [9.17, 15) is 0 Å². The lowest BCUT2D eigenvalue weighted by Gasteiger charge is -2.26. The summed E-state index contributed by atoms with van der Waals surface area (Å²) in [5.41, 5.74) is 1.37. The predicted molar refractivity (Wildman–Crippen MR) is 79.7 cm³/mol. The highest BCUT2D eigenvalue weighted by Crippen LogP contribution is 2.38. The molecule has 2 rings (SSSR count). The minimum absolute atomic E-state index is 0.440. The molecule has 0 amide bonds. The van der Waals surface area contributed by atoms with Crippen molar-refractivity contribution < 1.29 is 4.74 Å². The van der Waals surface area contributed by atoms with Gasteiger partial charge < -0.3 is 10.1 Å². The fourth-order valence-electron chi connectivity index (χ4n) is 2.31. The van der Waals surface area contributed by atoms with E-state index in [0.717, 1.165) is 19.1 Å². The third-order valence-electron chi connectivity index (χ3n) is 3.32. The first-order chi connectivity index (χ1) is 8.20. The van der Waals surface area contributed by atoms with Crippen molar-refractivity contribution in [1.29, 1.82) is 0 Å². The molecule has 5 heteroatoms. The summed E-state index contributed by atoms with van der Waals surface area (Å²) in [6.45, 7) is 1.85. The lowest BCUT2D eigenvalue weighted by molar-refractivity contribution is 0.0608. The molecule has 2 nitrogen and oxygen atoms in total. The number of rotatable bonds is 4. The Hall–Kier alpha value is 0.580. The highest BCUT2D eigenvalue weighted by atomic mass is 79.9. The van der Waals surface area contributed by atoms with Gasteiger partial charge >= 0.3 is 0 Å². The summed E-state index contributed by atoms with van der Waals surface area (Å²) < 4.78 is 7.83. The minimum Gasteiger partial charge on any atom is -0.381 e. The molecule has 1 aromatic heterocycles. The predicted octanol–water partition coefficient (Wildman–Crippen LogP) is 4.35. The normalized spacial score (nSPS) is 19.5. The fourth-order valence-corrected chi connectivity index (χ4v) is 5.28. The van der Waals surface area contributed by atoms with Gasteiger partial charge in [0, 0.05) is 19.3 Å². The van der Waals surface area contributed by atoms with Crippen LogP contribution < -0.4 is 5.32 Å². The van der Waals surface area contributed by atoms with Crippen LogP contribution >= 0.6 is 43.2 Å². The van der Waals surface area contributed by atoms with Gasteiger partial charge in [-0.2, -0.15) is 0 Å². The summed E-state index contributed by atoms with van der Waals surface area (Å²) in [6, 6.07) is 2.66. The van der Waals surface area contributed by atoms with E-state index in [1.165, 1.54) is 32.4 Å². The van der Waals surface area contributed by atoms with Gasteiger partial charge in [-0.05, 0) is 75.7 Å². The van der Waals surface area contributed by atoms with E-state index in [1.54, 1.807) is 11.3 Å². The molecular formula is C12H17Br2NOS. The molecule has 1 unspecified atom stereocenters. The van der Waals surface area contributed by atoms with Gasteiger partial charge in [-0.1, -0.05) is 0 Å². The molecule has 1 aliphatic heterocycles. The van der Waals surface area contributed by atoms with Crippen LogP contribution in [0.15, 0.2) is 13.6 Å². The summed E-state index contributed by atoms with van der Waals surface area (Å²) in [4.78, 5) is 0. The number of thiophene rings is 1. The van der Waals surface area contributed by atoms with Crippen LogP contribution in [0.5, 0.6) is 0 Å². The van der Waals surface area contributed by atoms with Gasteiger partial charge in [-0.25, -0.2) is 0 Å². The molecule has 1 atom stereocenters. The molecule has 0 bridgehead atoms. The average molecular weight is 383 g/mol. The second-order valence-electron chi connectivity index (χ2n) is 4.41. The Morgan fingerprint density at radius 3 is 2.71 bits per heavy atom.